The number of rotatable bonds is 5. The minimum atomic E-state index is -0.427. The van der Waals surface area contributed by atoms with Gasteiger partial charge in [0.2, 0.25) is 0 Å². The lowest BCUT2D eigenvalue weighted by atomic mass is 9.90. The number of hydrogen-bond donors (Lipinski definition) is 0. The Bertz CT molecular complexity index is 447. The van der Waals surface area contributed by atoms with Crippen molar-refractivity contribution in [2.45, 2.75) is 45.6 Å². The summed E-state index contributed by atoms with van der Waals surface area (Å²) in [6.07, 6.45) is 12.5. The second kappa shape index (κ2) is 8.62. The van der Waals surface area contributed by atoms with Gasteiger partial charge in [0, 0.05) is 13.1 Å². The lowest BCUT2D eigenvalue weighted by Gasteiger charge is -2.33. The maximum atomic E-state index is 12.0. The van der Waals surface area contributed by atoms with Crippen LogP contribution in [0.25, 0.3) is 0 Å². The molecule has 3 heteroatoms. The smallest absolute Gasteiger partial charge is 0.410 e. The van der Waals surface area contributed by atoms with Gasteiger partial charge in [-0.05, 0) is 51.5 Å². The molecule has 1 heterocycles. The summed E-state index contributed by atoms with van der Waals surface area (Å²) < 4.78 is 5.43. The number of carbonyl (C=O) groups excluding carboxylic acids is 1. The highest BCUT2D eigenvalue weighted by Crippen LogP contribution is 2.25. The molecule has 0 aromatic rings. The van der Waals surface area contributed by atoms with Crippen molar-refractivity contribution >= 4 is 6.09 Å². The van der Waals surface area contributed by atoms with Crippen LogP contribution in [0.3, 0.4) is 0 Å². The Morgan fingerprint density at radius 1 is 1.23 bits per heavy atom. The normalized spacial score (nSPS) is 17.6. The monoisotopic (exact) mass is 303 g/mol. The first-order valence-electron chi connectivity index (χ1n) is 7.94. The Kier molecular flexibility index (Phi) is 7.16. The second-order valence-electron chi connectivity index (χ2n) is 6.69. The second-order valence-corrected chi connectivity index (χ2v) is 6.69. The predicted octanol–water partition coefficient (Wildman–Crippen LogP) is 4.88. The standard InChI is InChI=1S/C19H29NO2/c1-6-8-10-16(9-7-2)15-17-11-13-20(14-12-17)18(21)22-19(3,4)5/h6-10,17H,1-2,11-15H2,3-5H3/b10-8-,16-9+. The summed E-state index contributed by atoms with van der Waals surface area (Å²) in [5.74, 6) is 0.597. The van der Waals surface area contributed by atoms with Gasteiger partial charge in [-0.25, -0.2) is 4.79 Å². The molecule has 0 unspecified atom stereocenters. The van der Waals surface area contributed by atoms with E-state index in [2.05, 4.69) is 19.2 Å². The van der Waals surface area contributed by atoms with Crippen LogP contribution in [0.5, 0.6) is 0 Å². The number of hydrogen-bond acceptors (Lipinski definition) is 2. The van der Waals surface area contributed by atoms with Gasteiger partial charge >= 0.3 is 6.09 Å². The Morgan fingerprint density at radius 2 is 1.86 bits per heavy atom. The zero-order valence-corrected chi connectivity index (χ0v) is 14.2. The van der Waals surface area contributed by atoms with Crippen molar-refractivity contribution in [1.29, 1.82) is 0 Å². The Morgan fingerprint density at radius 3 is 2.36 bits per heavy atom. The fourth-order valence-electron chi connectivity index (χ4n) is 2.51. The minimum Gasteiger partial charge on any atom is -0.444 e. The van der Waals surface area contributed by atoms with Crippen LogP contribution >= 0.6 is 0 Å². The van der Waals surface area contributed by atoms with Gasteiger partial charge in [-0.1, -0.05) is 43.5 Å². The highest BCUT2D eigenvalue weighted by molar-refractivity contribution is 5.68. The number of carbonyl (C=O) groups is 1. The average molecular weight is 303 g/mol. The van der Waals surface area contributed by atoms with Gasteiger partial charge in [-0.2, -0.15) is 0 Å². The molecule has 0 radical (unpaired) electrons. The van der Waals surface area contributed by atoms with E-state index in [-0.39, 0.29) is 6.09 Å². The molecule has 0 saturated carbocycles. The molecule has 0 spiro atoms. The molecule has 0 aliphatic carbocycles. The Labute approximate surface area is 135 Å². The molecule has 0 bridgehead atoms. The third-order valence-corrected chi connectivity index (χ3v) is 3.57. The molecule has 0 atom stereocenters. The largest absolute Gasteiger partial charge is 0.444 e. The highest BCUT2D eigenvalue weighted by atomic mass is 16.6. The van der Waals surface area contributed by atoms with Gasteiger partial charge in [0.25, 0.3) is 0 Å². The van der Waals surface area contributed by atoms with Crippen molar-refractivity contribution in [3.63, 3.8) is 0 Å². The van der Waals surface area contributed by atoms with Crippen LogP contribution in [-0.2, 0) is 4.74 Å². The van der Waals surface area contributed by atoms with E-state index in [0.717, 1.165) is 32.4 Å². The van der Waals surface area contributed by atoms with Crippen LogP contribution in [-0.4, -0.2) is 29.7 Å². The summed E-state index contributed by atoms with van der Waals surface area (Å²) in [6, 6.07) is 0. The summed E-state index contributed by atoms with van der Waals surface area (Å²) in [5, 5.41) is 0. The quantitative estimate of drug-likeness (QED) is 0.678. The van der Waals surface area contributed by atoms with E-state index in [1.165, 1.54) is 5.57 Å². The fraction of sp³-hybridized carbons (Fsp3) is 0.526. The zero-order valence-electron chi connectivity index (χ0n) is 14.2. The summed E-state index contributed by atoms with van der Waals surface area (Å²) in [4.78, 5) is 13.9. The molecule has 0 aromatic heterocycles. The van der Waals surface area contributed by atoms with E-state index in [1.807, 2.05) is 43.9 Å². The van der Waals surface area contributed by atoms with Crippen molar-refractivity contribution in [1.82, 2.24) is 4.90 Å². The number of nitrogens with zero attached hydrogens (tertiary/aromatic N) is 1. The van der Waals surface area contributed by atoms with Crippen LogP contribution < -0.4 is 0 Å². The minimum absolute atomic E-state index is 0.195. The van der Waals surface area contributed by atoms with Crippen molar-refractivity contribution in [2.75, 3.05) is 13.1 Å². The summed E-state index contributed by atoms with van der Waals surface area (Å²) in [7, 11) is 0. The van der Waals surface area contributed by atoms with Crippen LogP contribution in [0, 0.1) is 5.92 Å². The van der Waals surface area contributed by atoms with Gasteiger partial charge < -0.3 is 9.64 Å². The summed E-state index contributed by atoms with van der Waals surface area (Å²) in [6.45, 7) is 14.7. The van der Waals surface area contributed by atoms with Gasteiger partial charge in [0.15, 0.2) is 0 Å². The molecular weight excluding hydrogens is 274 g/mol. The van der Waals surface area contributed by atoms with Crippen LogP contribution in [0.1, 0.15) is 40.0 Å². The highest BCUT2D eigenvalue weighted by Gasteiger charge is 2.26. The maximum Gasteiger partial charge on any atom is 0.410 e. The Hall–Kier alpha value is -1.77. The lowest BCUT2D eigenvalue weighted by molar-refractivity contribution is 0.0184. The molecule has 122 valence electrons. The number of amides is 1. The van der Waals surface area contributed by atoms with Gasteiger partial charge in [-0.15, -0.1) is 0 Å². The van der Waals surface area contributed by atoms with Crippen molar-refractivity contribution in [3.8, 4) is 0 Å². The summed E-state index contributed by atoms with van der Waals surface area (Å²) >= 11 is 0. The Balaban J connectivity index is 2.49. The molecule has 22 heavy (non-hydrogen) atoms. The van der Waals surface area contributed by atoms with Gasteiger partial charge in [0.1, 0.15) is 5.60 Å². The van der Waals surface area contributed by atoms with E-state index in [9.17, 15) is 4.79 Å². The van der Waals surface area contributed by atoms with E-state index in [0.29, 0.717) is 5.92 Å². The van der Waals surface area contributed by atoms with Crippen molar-refractivity contribution in [2.24, 2.45) is 5.92 Å². The molecular formula is C19H29NO2. The molecule has 1 aliphatic heterocycles. The van der Waals surface area contributed by atoms with Crippen LogP contribution in [0.15, 0.2) is 49.1 Å². The molecule has 0 aromatic carbocycles. The number of piperidine rings is 1. The first kappa shape index (κ1) is 18.3. The maximum absolute atomic E-state index is 12.0. The lowest BCUT2D eigenvalue weighted by Crippen LogP contribution is -2.41. The average Bonchev–Trinajstić information content (AvgIpc) is 2.44. The molecule has 1 amide bonds. The molecule has 0 N–H and O–H groups in total. The third kappa shape index (κ3) is 6.79. The van der Waals surface area contributed by atoms with Crippen LogP contribution in [0.4, 0.5) is 4.79 Å². The van der Waals surface area contributed by atoms with E-state index in [1.54, 1.807) is 6.08 Å². The molecule has 1 aliphatic rings. The predicted molar refractivity (Wildman–Crippen MR) is 92.8 cm³/mol. The van der Waals surface area contributed by atoms with E-state index >= 15 is 0 Å². The topological polar surface area (TPSA) is 29.5 Å². The molecule has 1 fully saturated rings. The van der Waals surface area contributed by atoms with E-state index in [4.69, 9.17) is 4.74 Å². The van der Waals surface area contributed by atoms with Gasteiger partial charge in [0.05, 0.1) is 0 Å². The van der Waals surface area contributed by atoms with E-state index < -0.39 is 5.60 Å². The molecule has 1 rings (SSSR count). The zero-order chi connectivity index (χ0) is 16.6. The first-order chi connectivity index (χ1) is 10.4. The number of ether oxygens (including phenoxy) is 1. The number of allylic oxidation sites excluding steroid dienone is 6. The SMILES string of the molecule is C=C/C=C\C(=C/C=C)CC1CCN(C(=O)OC(C)(C)C)CC1. The molecule has 1 saturated heterocycles. The molecule has 3 nitrogen and oxygen atoms in total. The third-order valence-electron chi connectivity index (χ3n) is 3.57. The van der Waals surface area contributed by atoms with Crippen LogP contribution in [0.2, 0.25) is 0 Å². The van der Waals surface area contributed by atoms with Crippen molar-refractivity contribution < 1.29 is 9.53 Å². The summed E-state index contributed by atoms with van der Waals surface area (Å²) in [5.41, 5.74) is 0.828. The van der Waals surface area contributed by atoms with Gasteiger partial charge in [-0.3, -0.25) is 0 Å². The first-order valence-corrected chi connectivity index (χ1v) is 7.94. The van der Waals surface area contributed by atoms with Crippen molar-refractivity contribution in [3.05, 3.63) is 49.1 Å². The fourth-order valence-corrected chi connectivity index (χ4v) is 2.51. The number of likely N-dealkylation sites (tertiary alicyclic amines) is 1.